The maximum atomic E-state index is 12.2. The van der Waals surface area contributed by atoms with Gasteiger partial charge in [-0.1, -0.05) is 41.7 Å². The summed E-state index contributed by atoms with van der Waals surface area (Å²) in [5.74, 6) is -0.223. The molecule has 0 aliphatic heterocycles. The predicted octanol–water partition coefficient (Wildman–Crippen LogP) is 3.03. The van der Waals surface area contributed by atoms with E-state index in [1.807, 2.05) is 12.1 Å². The Morgan fingerprint density at radius 1 is 1.32 bits per heavy atom. The van der Waals surface area contributed by atoms with Crippen molar-refractivity contribution < 1.29 is 14.4 Å². The molecule has 0 bridgehead atoms. The minimum atomic E-state index is -0.493. The molecule has 1 aliphatic rings. The molecule has 5 nitrogen and oxygen atoms in total. The predicted molar refractivity (Wildman–Crippen MR) is 82.7 cm³/mol. The fourth-order valence-corrected chi connectivity index (χ4v) is 2.88. The smallest absolute Gasteiger partial charge is 0.290 e. The van der Waals surface area contributed by atoms with Gasteiger partial charge < -0.3 is 14.9 Å². The van der Waals surface area contributed by atoms with E-state index in [4.69, 9.17) is 16.1 Å². The van der Waals surface area contributed by atoms with Crippen LogP contribution in [0.5, 0.6) is 0 Å². The highest BCUT2D eigenvalue weighted by Crippen LogP contribution is 2.23. The van der Waals surface area contributed by atoms with Crippen LogP contribution in [0.3, 0.4) is 0 Å². The normalized spacial score (nSPS) is 21.5. The van der Waals surface area contributed by atoms with Crippen molar-refractivity contribution >= 4 is 17.5 Å². The molecule has 1 aliphatic carbocycles. The number of carbonyl (C=O) groups excluding carboxylic acids is 1. The highest BCUT2D eigenvalue weighted by Gasteiger charge is 2.26. The van der Waals surface area contributed by atoms with Crippen molar-refractivity contribution in [1.29, 1.82) is 0 Å². The van der Waals surface area contributed by atoms with E-state index < -0.39 is 6.10 Å². The lowest BCUT2D eigenvalue weighted by atomic mass is 9.92. The number of aliphatic hydroxyl groups is 1. The second-order valence-corrected chi connectivity index (χ2v) is 5.95. The number of rotatable bonds is 3. The summed E-state index contributed by atoms with van der Waals surface area (Å²) in [6.07, 6.45) is 3.01. The van der Waals surface area contributed by atoms with E-state index in [9.17, 15) is 9.90 Å². The van der Waals surface area contributed by atoms with Gasteiger partial charge in [0.2, 0.25) is 5.76 Å². The van der Waals surface area contributed by atoms with Gasteiger partial charge in [0.25, 0.3) is 5.91 Å². The summed E-state index contributed by atoms with van der Waals surface area (Å²) in [4.78, 5) is 12.2. The molecule has 0 saturated heterocycles. The van der Waals surface area contributed by atoms with Crippen molar-refractivity contribution in [2.75, 3.05) is 0 Å². The molecule has 1 aromatic heterocycles. The average molecular weight is 321 g/mol. The first kappa shape index (κ1) is 15.1. The number of benzene rings is 1. The van der Waals surface area contributed by atoms with E-state index in [-0.39, 0.29) is 17.7 Å². The van der Waals surface area contributed by atoms with Crippen molar-refractivity contribution in [3.63, 3.8) is 0 Å². The van der Waals surface area contributed by atoms with Crippen molar-refractivity contribution in [1.82, 2.24) is 10.5 Å². The van der Waals surface area contributed by atoms with Gasteiger partial charge in [-0.05, 0) is 25.0 Å². The van der Waals surface area contributed by atoms with Gasteiger partial charge in [-0.3, -0.25) is 4.79 Å². The zero-order chi connectivity index (χ0) is 15.5. The minimum absolute atomic E-state index is 0.132. The van der Waals surface area contributed by atoms with Crippen LogP contribution in [-0.2, 0) is 0 Å². The van der Waals surface area contributed by atoms with Crippen LogP contribution in [0.2, 0.25) is 5.02 Å². The second kappa shape index (κ2) is 6.50. The molecule has 2 atom stereocenters. The number of hydrogen-bond donors (Lipinski definition) is 2. The van der Waals surface area contributed by atoms with Crippen LogP contribution in [0.25, 0.3) is 11.3 Å². The van der Waals surface area contributed by atoms with Crippen molar-refractivity contribution in [3.8, 4) is 11.3 Å². The minimum Gasteiger partial charge on any atom is -0.391 e. The third kappa shape index (κ3) is 3.31. The summed E-state index contributed by atoms with van der Waals surface area (Å²) < 4.78 is 5.11. The zero-order valence-corrected chi connectivity index (χ0v) is 12.7. The lowest BCUT2D eigenvalue weighted by Gasteiger charge is -2.27. The molecule has 1 aromatic carbocycles. The Morgan fingerprint density at radius 2 is 2.14 bits per heavy atom. The molecule has 22 heavy (non-hydrogen) atoms. The number of hydrogen-bond acceptors (Lipinski definition) is 4. The Labute approximate surface area is 133 Å². The van der Waals surface area contributed by atoms with Gasteiger partial charge in [0.05, 0.1) is 12.1 Å². The van der Waals surface area contributed by atoms with Crippen molar-refractivity contribution in [2.24, 2.45) is 0 Å². The number of amides is 1. The van der Waals surface area contributed by atoms with Crippen LogP contribution in [0.15, 0.2) is 34.9 Å². The lowest BCUT2D eigenvalue weighted by molar-refractivity contribution is 0.0692. The molecular formula is C16H17ClN2O3. The molecule has 0 spiro atoms. The van der Waals surface area contributed by atoms with Crippen LogP contribution >= 0.6 is 11.6 Å². The SMILES string of the molecule is O=C(NC1CCCCC1O)c1cc(-c2cccc(Cl)c2)no1. The number of nitrogens with zero attached hydrogens (tertiary/aromatic N) is 1. The van der Waals surface area contributed by atoms with Gasteiger partial charge in [-0.15, -0.1) is 0 Å². The van der Waals surface area contributed by atoms with Crippen LogP contribution < -0.4 is 5.32 Å². The van der Waals surface area contributed by atoms with E-state index in [1.165, 1.54) is 0 Å². The molecular weight excluding hydrogens is 304 g/mol. The number of aliphatic hydroxyl groups excluding tert-OH is 1. The van der Waals surface area contributed by atoms with Gasteiger partial charge in [-0.25, -0.2) is 0 Å². The topological polar surface area (TPSA) is 75.4 Å². The molecule has 1 saturated carbocycles. The monoisotopic (exact) mass is 320 g/mol. The van der Waals surface area contributed by atoms with Gasteiger partial charge >= 0.3 is 0 Å². The molecule has 116 valence electrons. The van der Waals surface area contributed by atoms with Crippen LogP contribution in [-0.4, -0.2) is 28.3 Å². The van der Waals surface area contributed by atoms with Gasteiger partial charge in [0.15, 0.2) is 0 Å². The van der Waals surface area contributed by atoms with E-state index in [2.05, 4.69) is 10.5 Å². The molecule has 2 N–H and O–H groups in total. The summed E-state index contributed by atoms with van der Waals surface area (Å²) in [5, 5.41) is 17.2. The third-order valence-electron chi connectivity index (χ3n) is 3.90. The van der Waals surface area contributed by atoms with E-state index in [1.54, 1.807) is 18.2 Å². The maximum Gasteiger partial charge on any atom is 0.290 e. The molecule has 1 fully saturated rings. The lowest BCUT2D eigenvalue weighted by Crippen LogP contribution is -2.44. The van der Waals surface area contributed by atoms with Crippen molar-refractivity contribution in [3.05, 3.63) is 41.1 Å². The third-order valence-corrected chi connectivity index (χ3v) is 4.14. The Bertz CT molecular complexity index is 671. The largest absolute Gasteiger partial charge is 0.391 e. The molecule has 1 heterocycles. The summed E-state index contributed by atoms with van der Waals surface area (Å²) in [7, 11) is 0. The summed E-state index contributed by atoms with van der Waals surface area (Å²) in [6.45, 7) is 0. The van der Waals surface area contributed by atoms with Crippen LogP contribution in [0.4, 0.5) is 0 Å². The standard InChI is InChI=1S/C16H17ClN2O3/c17-11-5-3-4-10(8-11)13-9-15(22-19-13)16(21)18-12-6-1-2-7-14(12)20/h3-5,8-9,12,14,20H,1-2,6-7H2,(H,18,21). The fourth-order valence-electron chi connectivity index (χ4n) is 2.69. The summed E-state index contributed by atoms with van der Waals surface area (Å²) in [6, 6.07) is 8.53. The molecule has 1 amide bonds. The maximum absolute atomic E-state index is 12.2. The van der Waals surface area contributed by atoms with Gasteiger partial charge in [-0.2, -0.15) is 0 Å². The molecule has 2 unspecified atom stereocenters. The Balaban J connectivity index is 1.71. The summed E-state index contributed by atoms with van der Waals surface area (Å²) >= 11 is 5.94. The quantitative estimate of drug-likeness (QED) is 0.911. The Kier molecular flexibility index (Phi) is 4.45. The second-order valence-electron chi connectivity index (χ2n) is 5.52. The highest BCUT2D eigenvalue weighted by atomic mass is 35.5. The van der Waals surface area contributed by atoms with E-state index in [0.717, 1.165) is 31.2 Å². The molecule has 6 heteroatoms. The first-order valence-electron chi connectivity index (χ1n) is 7.35. The highest BCUT2D eigenvalue weighted by molar-refractivity contribution is 6.30. The molecule has 2 aromatic rings. The van der Waals surface area contributed by atoms with Crippen LogP contribution in [0, 0.1) is 0 Å². The first-order valence-corrected chi connectivity index (χ1v) is 7.73. The van der Waals surface area contributed by atoms with E-state index in [0.29, 0.717) is 10.7 Å². The number of nitrogens with one attached hydrogen (secondary N) is 1. The molecule has 0 radical (unpaired) electrons. The average Bonchev–Trinajstić information content (AvgIpc) is 2.99. The Morgan fingerprint density at radius 3 is 2.91 bits per heavy atom. The van der Waals surface area contributed by atoms with Crippen molar-refractivity contribution in [2.45, 2.75) is 37.8 Å². The van der Waals surface area contributed by atoms with E-state index >= 15 is 0 Å². The van der Waals surface area contributed by atoms with Crippen LogP contribution in [0.1, 0.15) is 36.2 Å². The molecule has 3 rings (SSSR count). The van der Waals surface area contributed by atoms with Gasteiger partial charge in [0, 0.05) is 16.7 Å². The summed E-state index contributed by atoms with van der Waals surface area (Å²) in [5.41, 5.74) is 1.34. The number of aromatic nitrogens is 1. The first-order chi connectivity index (χ1) is 10.6. The zero-order valence-electron chi connectivity index (χ0n) is 12.0. The number of halogens is 1. The fraction of sp³-hybridized carbons (Fsp3) is 0.375. The number of carbonyl (C=O) groups is 1. The Hall–Kier alpha value is -1.85. The van der Waals surface area contributed by atoms with Gasteiger partial charge in [0.1, 0.15) is 5.69 Å².